The average molecular weight is 271 g/mol. The molecule has 1 aliphatic rings. The highest BCUT2D eigenvalue weighted by Gasteiger charge is 2.24. The molecule has 1 aliphatic heterocycles. The van der Waals surface area contributed by atoms with Crippen molar-refractivity contribution < 1.29 is 9.32 Å². The third kappa shape index (κ3) is 2.39. The van der Waals surface area contributed by atoms with Crippen molar-refractivity contribution in [1.82, 2.24) is 10.1 Å². The van der Waals surface area contributed by atoms with Crippen molar-refractivity contribution in [2.24, 2.45) is 0 Å². The van der Waals surface area contributed by atoms with Gasteiger partial charge >= 0.3 is 0 Å². The fourth-order valence-electron chi connectivity index (χ4n) is 2.48. The smallest absolute Gasteiger partial charge is 0.259 e. The van der Waals surface area contributed by atoms with E-state index in [4.69, 9.17) is 4.52 Å². The van der Waals surface area contributed by atoms with Crippen LogP contribution in [0.5, 0.6) is 0 Å². The van der Waals surface area contributed by atoms with Crippen LogP contribution in [0.3, 0.4) is 0 Å². The quantitative estimate of drug-likeness (QED) is 0.837. The second-order valence-electron chi connectivity index (χ2n) is 4.91. The summed E-state index contributed by atoms with van der Waals surface area (Å²) in [5.41, 5.74) is 1.78. The minimum atomic E-state index is 0.0106. The van der Waals surface area contributed by atoms with Gasteiger partial charge in [0.15, 0.2) is 0 Å². The Balaban J connectivity index is 1.64. The standard InChI is InChI=1S/C15H17N3O2/c1-12-14(11-16-20-12)15(19)18-9-7-17(8-10-18)13-5-3-2-4-6-13/h2-6,11H,7-10H2,1H3. The van der Waals surface area contributed by atoms with Crippen LogP contribution in [0.1, 0.15) is 16.1 Å². The van der Waals surface area contributed by atoms with E-state index in [0.29, 0.717) is 11.3 Å². The van der Waals surface area contributed by atoms with Gasteiger partial charge in [0.25, 0.3) is 5.91 Å². The summed E-state index contributed by atoms with van der Waals surface area (Å²) in [6.07, 6.45) is 1.50. The minimum Gasteiger partial charge on any atom is -0.368 e. The number of rotatable bonds is 2. The number of aromatic nitrogens is 1. The van der Waals surface area contributed by atoms with Crippen LogP contribution in [-0.2, 0) is 0 Å². The minimum absolute atomic E-state index is 0.0106. The highest BCUT2D eigenvalue weighted by molar-refractivity contribution is 5.94. The highest BCUT2D eigenvalue weighted by atomic mass is 16.5. The van der Waals surface area contributed by atoms with Crippen LogP contribution in [0.25, 0.3) is 0 Å². The summed E-state index contributed by atoms with van der Waals surface area (Å²) in [7, 11) is 0. The molecule has 0 unspecified atom stereocenters. The molecule has 5 nitrogen and oxygen atoms in total. The number of anilines is 1. The van der Waals surface area contributed by atoms with Crippen LogP contribution in [0, 0.1) is 6.92 Å². The summed E-state index contributed by atoms with van der Waals surface area (Å²) in [5, 5.41) is 3.67. The van der Waals surface area contributed by atoms with E-state index in [2.05, 4.69) is 22.2 Å². The van der Waals surface area contributed by atoms with E-state index in [1.165, 1.54) is 11.9 Å². The first-order valence-electron chi connectivity index (χ1n) is 6.76. The molecule has 1 saturated heterocycles. The lowest BCUT2D eigenvalue weighted by molar-refractivity contribution is 0.0745. The Labute approximate surface area is 117 Å². The van der Waals surface area contributed by atoms with Crippen molar-refractivity contribution in [2.75, 3.05) is 31.1 Å². The first-order chi connectivity index (χ1) is 9.75. The van der Waals surface area contributed by atoms with Crippen LogP contribution in [0.4, 0.5) is 5.69 Å². The number of hydrogen-bond donors (Lipinski definition) is 0. The number of amides is 1. The Hall–Kier alpha value is -2.30. The Morgan fingerprint density at radius 2 is 1.85 bits per heavy atom. The summed E-state index contributed by atoms with van der Waals surface area (Å²) in [6.45, 7) is 4.90. The van der Waals surface area contributed by atoms with E-state index >= 15 is 0 Å². The second kappa shape index (κ2) is 5.36. The number of para-hydroxylation sites is 1. The van der Waals surface area contributed by atoms with Gasteiger partial charge in [0.05, 0.1) is 6.20 Å². The number of aryl methyl sites for hydroxylation is 1. The second-order valence-corrected chi connectivity index (χ2v) is 4.91. The Morgan fingerprint density at radius 3 is 2.45 bits per heavy atom. The fraction of sp³-hybridized carbons (Fsp3) is 0.333. The average Bonchev–Trinajstić information content (AvgIpc) is 2.94. The Morgan fingerprint density at radius 1 is 1.15 bits per heavy atom. The number of hydrogen-bond acceptors (Lipinski definition) is 4. The third-order valence-electron chi connectivity index (χ3n) is 3.67. The molecule has 5 heteroatoms. The van der Waals surface area contributed by atoms with Gasteiger partial charge < -0.3 is 14.3 Å². The molecule has 0 radical (unpaired) electrons. The number of piperazine rings is 1. The summed E-state index contributed by atoms with van der Waals surface area (Å²) in [5.74, 6) is 0.594. The summed E-state index contributed by atoms with van der Waals surface area (Å²) in [6, 6.07) is 10.3. The third-order valence-corrected chi connectivity index (χ3v) is 3.67. The molecule has 2 heterocycles. The largest absolute Gasteiger partial charge is 0.368 e. The summed E-state index contributed by atoms with van der Waals surface area (Å²) < 4.78 is 4.96. The Kier molecular flexibility index (Phi) is 3.41. The summed E-state index contributed by atoms with van der Waals surface area (Å²) in [4.78, 5) is 16.5. The molecule has 3 rings (SSSR count). The van der Waals surface area contributed by atoms with Gasteiger partial charge in [0.2, 0.25) is 0 Å². The number of carbonyl (C=O) groups excluding carboxylic acids is 1. The maximum Gasteiger partial charge on any atom is 0.259 e. The fourth-order valence-corrected chi connectivity index (χ4v) is 2.48. The number of nitrogens with zero attached hydrogens (tertiary/aromatic N) is 3. The van der Waals surface area contributed by atoms with Crippen molar-refractivity contribution in [2.45, 2.75) is 6.92 Å². The molecule has 0 aliphatic carbocycles. The zero-order chi connectivity index (χ0) is 13.9. The molecule has 0 atom stereocenters. The molecular formula is C15H17N3O2. The van der Waals surface area contributed by atoms with Gasteiger partial charge in [-0.3, -0.25) is 4.79 Å². The van der Waals surface area contributed by atoms with Crippen molar-refractivity contribution in [3.8, 4) is 0 Å². The lowest BCUT2D eigenvalue weighted by Crippen LogP contribution is -2.48. The molecule has 1 aromatic carbocycles. The molecule has 0 spiro atoms. The molecule has 1 aromatic heterocycles. The van der Waals surface area contributed by atoms with Gasteiger partial charge in [-0.15, -0.1) is 0 Å². The van der Waals surface area contributed by atoms with Crippen molar-refractivity contribution >= 4 is 11.6 Å². The van der Waals surface area contributed by atoms with Crippen LogP contribution in [0.2, 0.25) is 0 Å². The SMILES string of the molecule is Cc1oncc1C(=O)N1CCN(c2ccccc2)CC1. The van der Waals surface area contributed by atoms with Gasteiger partial charge in [0, 0.05) is 31.9 Å². The predicted octanol–water partition coefficient (Wildman–Crippen LogP) is 1.95. The monoisotopic (exact) mass is 271 g/mol. The van der Waals surface area contributed by atoms with E-state index in [0.717, 1.165) is 26.2 Å². The molecular weight excluding hydrogens is 254 g/mol. The lowest BCUT2D eigenvalue weighted by Gasteiger charge is -2.36. The van der Waals surface area contributed by atoms with Crippen LogP contribution >= 0.6 is 0 Å². The maximum absolute atomic E-state index is 12.3. The molecule has 0 N–H and O–H groups in total. The molecule has 1 amide bonds. The maximum atomic E-state index is 12.3. The number of carbonyl (C=O) groups is 1. The van der Waals surface area contributed by atoms with Crippen molar-refractivity contribution in [3.63, 3.8) is 0 Å². The molecule has 2 aromatic rings. The van der Waals surface area contributed by atoms with Gasteiger partial charge in [-0.05, 0) is 19.1 Å². The molecule has 104 valence electrons. The van der Waals surface area contributed by atoms with Crippen LogP contribution < -0.4 is 4.90 Å². The molecule has 0 saturated carbocycles. The topological polar surface area (TPSA) is 49.6 Å². The van der Waals surface area contributed by atoms with Gasteiger partial charge in [-0.1, -0.05) is 23.4 Å². The highest BCUT2D eigenvalue weighted by Crippen LogP contribution is 2.17. The van der Waals surface area contributed by atoms with E-state index < -0.39 is 0 Å². The zero-order valence-electron chi connectivity index (χ0n) is 11.5. The van der Waals surface area contributed by atoms with E-state index in [1.54, 1.807) is 6.92 Å². The molecule has 1 fully saturated rings. The number of benzene rings is 1. The van der Waals surface area contributed by atoms with Crippen LogP contribution in [0.15, 0.2) is 41.1 Å². The first-order valence-corrected chi connectivity index (χ1v) is 6.76. The van der Waals surface area contributed by atoms with Crippen molar-refractivity contribution in [3.05, 3.63) is 47.9 Å². The Bertz CT molecular complexity index is 586. The first kappa shape index (κ1) is 12.7. The van der Waals surface area contributed by atoms with E-state index in [1.807, 2.05) is 23.1 Å². The normalized spacial score (nSPS) is 15.4. The lowest BCUT2D eigenvalue weighted by atomic mass is 10.2. The van der Waals surface area contributed by atoms with Crippen LogP contribution in [-0.4, -0.2) is 42.1 Å². The van der Waals surface area contributed by atoms with Gasteiger partial charge in [0.1, 0.15) is 11.3 Å². The van der Waals surface area contributed by atoms with Crippen molar-refractivity contribution in [1.29, 1.82) is 0 Å². The van der Waals surface area contributed by atoms with E-state index in [-0.39, 0.29) is 5.91 Å². The van der Waals surface area contributed by atoms with Gasteiger partial charge in [-0.2, -0.15) is 0 Å². The molecule has 20 heavy (non-hydrogen) atoms. The summed E-state index contributed by atoms with van der Waals surface area (Å²) >= 11 is 0. The molecule has 0 bridgehead atoms. The predicted molar refractivity (Wildman–Crippen MR) is 75.8 cm³/mol. The van der Waals surface area contributed by atoms with E-state index in [9.17, 15) is 4.79 Å². The zero-order valence-corrected chi connectivity index (χ0v) is 11.5. The van der Waals surface area contributed by atoms with Gasteiger partial charge in [-0.25, -0.2) is 0 Å².